The third-order valence-corrected chi connectivity index (χ3v) is 5.61. The molecule has 150 valence electrons. The number of nitrogens with zero attached hydrogens (tertiary/aromatic N) is 1. The number of hydrogen-bond donors (Lipinski definition) is 1. The molecule has 0 atom stereocenters. The van der Waals surface area contributed by atoms with Crippen LogP contribution < -0.4 is 4.74 Å². The molecule has 1 fully saturated rings. The van der Waals surface area contributed by atoms with Crippen LogP contribution in [0.3, 0.4) is 0 Å². The molecular weight excluding hydrogens is 352 g/mol. The first-order valence-electron chi connectivity index (χ1n) is 10.3. The van der Waals surface area contributed by atoms with Gasteiger partial charge >= 0.3 is 0 Å². The average molecular weight is 383 g/mol. The van der Waals surface area contributed by atoms with E-state index in [1.165, 1.54) is 5.56 Å². The van der Waals surface area contributed by atoms with Crippen LogP contribution in [0.25, 0.3) is 10.9 Å². The summed E-state index contributed by atoms with van der Waals surface area (Å²) in [5.41, 5.74) is 4.22. The van der Waals surface area contributed by atoms with Crippen molar-refractivity contribution in [1.29, 1.82) is 0 Å². The highest BCUT2D eigenvalue weighted by Gasteiger charge is 2.33. The zero-order valence-corrected chi connectivity index (χ0v) is 17.1. The molecule has 2 aromatic rings. The van der Waals surface area contributed by atoms with E-state index in [-0.39, 0.29) is 11.6 Å². The Hall–Kier alpha value is -2.43. The van der Waals surface area contributed by atoms with Gasteiger partial charge in [0.15, 0.2) is 0 Å². The summed E-state index contributed by atoms with van der Waals surface area (Å²) in [7, 11) is 1.67. The zero-order valence-electron chi connectivity index (χ0n) is 17.1. The molecule has 0 unspecified atom stereocenters. The molecule has 1 aromatic carbocycles. The molecule has 1 heterocycles. The number of nitrogens with one attached hydrogen (secondary N) is 1. The van der Waals surface area contributed by atoms with Crippen LogP contribution >= 0.6 is 0 Å². The van der Waals surface area contributed by atoms with Crippen LogP contribution in [0, 0.1) is 12.8 Å². The van der Waals surface area contributed by atoms with Crippen molar-refractivity contribution >= 4 is 28.2 Å². The number of aromatic nitrogens is 1. The first-order chi connectivity index (χ1) is 13.5. The second-order valence-electron chi connectivity index (χ2n) is 7.59. The number of aryl methyl sites for hydroxylation is 1. The highest BCUT2D eigenvalue weighted by atomic mass is 16.5. The Bertz CT molecular complexity index is 879. The molecule has 1 aliphatic rings. The summed E-state index contributed by atoms with van der Waals surface area (Å²) in [5, 5.41) is 1.15. The van der Waals surface area contributed by atoms with E-state index in [1.807, 2.05) is 18.2 Å². The molecule has 0 saturated heterocycles. The topological polar surface area (TPSA) is 71.5 Å². The highest BCUT2D eigenvalue weighted by Crippen LogP contribution is 2.27. The van der Waals surface area contributed by atoms with Gasteiger partial charge in [-0.2, -0.15) is 0 Å². The first-order valence-corrected chi connectivity index (χ1v) is 10.3. The number of H-pyrrole nitrogens is 1. The van der Waals surface area contributed by atoms with Gasteiger partial charge in [0.2, 0.25) is 0 Å². The lowest BCUT2D eigenvalue weighted by Crippen LogP contribution is -2.35. The molecule has 0 amide bonds. The van der Waals surface area contributed by atoms with E-state index >= 15 is 0 Å². The quantitative estimate of drug-likeness (QED) is 0.536. The molecule has 0 radical (unpaired) electrons. The number of aliphatic imine (C=N–C) groups is 1. The number of unbranched alkanes of at least 4 members (excludes halogenated alkanes) is 1. The molecule has 0 bridgehead atoms. The van der Waals surface area contributed by atoms with Crippen molar-refractivity contribution in [3.63, 3.8) is 0 Å². The lowest BCUT2D eigenvalue weighted by Gasteiger charge is -2.21. The molecule has 1 aromatic heterocycles. The fourth-order valence-corrected chi connectivity index (χ4v) is 4.07. The van der Waals surface area contributed by atoms with Gasteiger partial charge in [-0.1, -0.05) is 13.3 Å². The second kappa shape index (κ2) is 9.18. The Kier molecular flexibility index (Phi) is 6.65. The summed E-state index contributed by atoms with van der Waals surface area (Å²) in [6.45, 7) is 4.77. The minimum atomic E-state index is -0.593. The van der Waals surface area contributed by atoms with Crippen LogP contribution in [0.2, 0.25) is 0 Å². The summed E-state index contributed by atoms with van der Waals surface area (Å²) >= 11 is 0. The number of Topliss-reactive ketones (excluding diaryl/α,β-unsaturated/α-hetero) is 2. The smallest absolute Gasteiger partial charge is 0.149 e. The molecule has 28 heavy (non-hydrogen) atoms. The fourth-order valence-electron chi connectivity index (χ4n) is 4.07. The molecule has 5 nitrogen and oxygen atoms in total. The summed E-state index contributed by atoms with van der Waals surface area (Å²) in [6.07, 6.45) is 5.18. The van der Waals surface area contributed by atoms with Gasteiger partial charge in [-0.15, -0.1) is 0 Å². The summed E-state index contributed by atoms with van der Waals surface area (Å²) in [5.74, 6) is 0.348. The van der Waals surface area contributed by atoms with E-state index in [1.54, 1.807) is 7.11 Å². The van der Waals surface area contributed by atoms with Crippen LogP contribution in [0.15, 0.2) is 23.2 Å². The maximum atomic E-state index is 12.4. The van der Waals surface area contributed by atoms with Crippen LogP contribution in [0.1, 0.15) is 56.7 Å². The van der Waals surface area contributed by atoms with Gasteiger partial charge in [0.1, 0.15) is 23.2 Å². The summed E-state index contributed by atoms with van der Waals surface area (Å²) in [6, 6.07) is 6.02. The molecule has 0 spiro atoms. The number of carbonyl (C=O) groups is 2. The molecule has 1 saturated carbocycles. The van der Waals surface area contributed by atoms with Crippen molar-refractivity contribution in [2.75, 3.05) is 13.7 Å². The van der Waals surface area contributed by atoms with E-state index in [2.05, 4.69) is 18.8 Å². The summed E-state index contributed by atoms with van der Waals surface area (Å²) < 4.78 is 5.36. The number of rotatable bonds is 8. The Morgan fingerprint density at radius 1 is 1.25 bits per heavy atom. The molecule has 1 N–H and O–H groups in total. The number of methoxy groups -OCH3 is 1. The summed E-state index contributed by atoms with van der Waals surface area (Å²) in [4.78, 5) is 33.0. The minimum absolute atomic E-state index is 0.0547. The van der Waals surface area contributed by atoms with E-state index in [4.69, 9.17) is 9.73 Å². The van der Waals surface area contributed by atoms with Crippen molar-refractivity contribution in [2.45, 2.75) is 58.8 Å². The van der Waals surface area contributed by atoms with Gasteiger partial charge in [0.05, 0.1) is 7.11 Å². The standard InChI is InChI=1S/C23H30N2O3/c1-4-5-7-20(23-21(26)8-6-9-22(23)27)24-13-12-17-15(2)25-19-11-10-16(28-3)14-18(17)19/h10-11,14,23,25H,4-9,12-13H2,1-3H3. The van der Waals surface area contributed by atoms with E-state index in [0.29, 0.717) is 25.8 Å². The van der Waals surface area contributed by atoms with Gasteiger partial charge in [0.25, 0.3) is 0 Å². The number of ketones is 2. The number of aromatic amines is 1. The van der Waals surface area contributed by atoms with Crippen LogP contribution in [-0.4, -0.2) is 35.9 Å². The van der Waals surface area contributed by atoms with E-state index in [0.717, 1.165) is 53.7 Å². The Morgan fingerprint density at radius 3 is 2.68 bits per heavy atom. The monoisotopic (exact) mass is 382 g/mol. The number of fused-ring (bicyclic) bond motifs is 1. The van der Waals surface area contributed by atoms with Gasteiger partial charge < -0.3 is 9.72 Å². The van der Waals surface area contributed by atoms with E-state index < -0.39 is 5.92 Å². The predicted octanol–water partition coefficient (Wildman–Crippen LogP) is 4.60. The fraction of sp³-hybridized carbons (Fsp3) is 0.522. The lowest BCUT2D eigenvalue weighted by atomic mass is 9.82. The minimum Gasteiger partial charge on any atom is -0.497 e. The average Bonchev–Trinajstić information content (AvgIpc) is 2.99. The van der Waals surface area contributed by atoms with Crippen molar-refractivity contribution in [3.05, 3.63) is 29.5 Å². The Balaban J connectivity index is 1.81. The third kappa shape index (κ3) is 4.34. The van der Waals surface area contributed by atoms with Gasteiger partial charge in [0, 0.05) is 41.7 Å². The van der Waals surface area contributed by atoms with Crippen molar-refractivity contribution in [2.24, 2.45) is 10.9 Å². The maximum absolute atomic E-state index is 12.4. The van der Waals surface area contributed by atoms with Crippen molar-refractivity contribution in [1.82, 2.24) is 4.98 Å². The SMILES string of the molecule is CCCCC(=NCCc1c(C)[nH]c2ccc(OC)cc12)C1C(=O)CCCC1=O. The van der Waals surface area contributed by atoms with Gasteiger partial charge in [-0.05, 0) is 56.4 Å². The molecule has 1 aliphatic carbocycles. The Labute approximate surface area is 166 Å². The van der Waals surface area contributed by atoms with Crippen LogP contribution in [0.4, 0.5) is 0 Å². The molecule has 3 rings (SSSR count). The number of benzene rings is 1. The van der Waals surface area contributed by atoms with Crippen LogP contribution in [0.5, 0.6) is 5.75 Å². The maximum Gasteiger partial charge on any atom is 0.149 e. The molecule has 0 aliphatic heterocycles. The lowest BCUT2D eigenvalue weighted by molar-refractivity contribution is -0.132. The first kappa shape index (κ1) is 20.3. The molecule has 5 heteroatoms. The van der Waals surface area contributed by atoms with Gasteiger partial charge in [-0.3, -0.25) is 14.6 Å². The number of carbonyl (C=O) groups excluding carboxylic acids is 2. The van der Waals surface area contributed by atoms with Crippen molar-refractivity contribution < 1.29 is 14.3 Å². The van der Waals surface area contributed by atoms with Crippen LogP contribution in [-0.2, 0) is 16.0 Å². The molecular formula is C23H30N2O3. The number of hydrogen-bond acceptors (Lipinski definition) is 4. The predicted molar refractivity (Wildman–Crippen MR) is 112 cm³/mol. The van der Waals surface area contributed by atoms with Gasteiger partial charge in [-0.25, -0.2) is 0 Å². The number of ether oxygens (including phenoxy) is 1. The van der Waals surface area contributed by atoms with Crippen molar-refractivity contribution in [3.8, 4) is 5.75 Å². The second-order valence-corrected chi connectivity index (χ2v) is 7.59. The third-order valence-electron chi connectivity index (χ3n) is 5.61. The van der Waals surface area contributed by atoms with E-state index in [9.17, 15) is 9.59 Å². The normalized spacial score (nSPS) is 16.2. The highest BCUT2D eigenvalue weighted by molar-refractivity contribution is 6.22. The largest absolute Gasteiger partial charge is 0.497 e. The Morgan fingerprint density at radius 2 is 2.00 bits per heavy atom. The zero-order chi connectivity index (χ0) is 20.1.